The van der Waals surface area contributed by atoms with Gasteiger partial charge in [0, 0.05) is 0 Å². The monoisotopic (exact) mass is 256 g/mol. The van der Waals surface area contributed by atoms with Crippen molar-refractivity contribution >= 4 is 5.91 Å². The number of rotatable bonds is 5. The number of nitrogens with two attached hydrogens (primary N) is 1. The van der Waals surface area contributed by atoms with Crippen LogP contribution in [0.2, 0.25) is 0 Å². The molecule has 4 nitrogen and oxygen atoms in total. The molecule has 18 heavy (non-hydrogen) atoms. The Morgan fingerprint density at radius 2 is 2.28 bits per heavy atom. The third-order valence-corrected chi connectivity index (χ3v) is 4.06. The zero-order valence-electron chi connectivity index (χ0n) is 12.0. The van der Waals surface area contributed by atoms with Crippen molar-refractivity contribution in [1.29, 1.82) is 0 Å². The number of hydrogen-bond donors (Lipinski definition) is 3. The second-order valence-corrected chi connectivity index (χ2v) is 6.26. The first-order valence-corrected chi connectivity index (χ1v) is 7.07. The zero-order chi connectivity index (χ0) is 13.8. The highest BCUT2D eigenvalue weighted by Crippen LogP contribution is 2.32. The molecule has 106 valence electrons. The lowest BCUT2D eigenvalue weighted by Gasteiger charge is -2.41. The van der Waals surface area contributed by atoms with Gasteiger partial charge in [-0.05, 0) is 32.1 Å². The van der Waals surface area contributed by atoms with Crippen molar-refractivity contribution in [1.82, 2.24) is 5.32 Å². The second-order valence-electron chi connectivity index (χ2n) is 6.26. The average Bonchev–Trinajstić information content (AvgIpc) is 2.28. The smallest absolute Gasteiger partial charge is 0.240 e. The van der Waals surface area contributed by atoms with E-state index in [1.807, 2.05) is 6.92 Å². The van der Waals surface area contributed by atoms with Crippen LogP contribution in [0.4, 0.5) is 0 Å². The van der Waals surface area contributed by atoms with E-state index in [0.29, 0.717) is 12.3 Å². The minimum Gasteiger partial charge on any atom is -0.394 e. The molecule has 0 aromatic rings. The SMILES string of the molecule is CCCC(C)(N)C(=O)NC1(CO)CCCC(C)C1. The van der Waals surface area contributed by atoms with Crippen molar-refractivity contribution in [2.75, 3.05) is 6.61 Å². The van der Waals surface area contributed by atoms with E-state index in [1.165, 1.54) is 6.42 Å². The van der Waals surface area contributed by atoms with Crippen LogP contribution in [0.3, 0.4) is 0 Å². The molecule has 1 amide bonds. The molecule has 1 fully saturated rings. The number of aliphatic hydroxyl groups excluding tert-OH is 1. The molecule has 0 aromatic carbocycles. The van der Waals surface area contributed by atoms with Gasteiger partial charge in [-0.3, -0.25) is 4.79 Å². The summed E-state index contributed by atoms with van der Waals surface area (Å²) in [4.78, 5) is 12.2. The summed E-state index contributed by atoms with van der Waals surface area (Å²) in [6, 6.07) is 0. The van der Waals surface area contributed by atoms with Crippen molar-refractivity contribution in [3.63, 3.8) is 0 Å². The van der Waals surface area contributed by atoms with Crippen LogP contribution in [0, 0.1) is 5.92 Å². The van der Waals surface area contributed by atoms with Crippen LogP contribution in [0.25, 0.3) is 0 Å². The summed E-state index contributed by atoms with van der Waals surface area (Å²) in [7, 11) is 0. The second kappa shape index (κ2) is 6.02. The van der Waals surface area contributed by atoms with Crippen LogP contribution in [-0.4, -0.2) is 28.7 Å². The van der Waals surface area contributed by atoms with Crippen LogP contribution < -0.4 is 11.1 Å². The molecule has 4 N–H and O–H groups in total. The van der Waals surface area contributed by atoms with Gasteiger partial charge in [-0.25, -0.2) is 0 Å². The molecule has 4 heteroatoms. The molecule has 0 radical (unpaired) electrons. The summed E-state index contributed by atoms with van der Waals surface area (Å²) < 4.78 is 0. The van der Waals surface area contributed by atoms with Gasteiger partial charge in [0.25, 0.3) is 0 Å². The largest absolute Gasteiger partial charge is 0.394 e. The predicted molar refractivity (Wildman–Crippen MR) is 73.1 cm³/mol. The van der Waals surface area contributed by atoms with Gasteiger partial charge in [0.1, 0.15) is 0 Å². The average molecular weight is 256 g/mol. The fraction of sp³-hybridized carbons (Fsp3) is 0.929. The van der Waals surface area contributed by atoms with Crippen molar-refractivity contribution in [3.8, 4) is 0 Å². The van der Waals surface area contributed by atoms with Gasteiger partial charge in [-0.15, -0.1) is 0 Å². The zero-order valence-corrected chi connectivity index (χ0v) is 12.0. The van der Waals surface area contributed by atoms with Crippen molar-refractivity contribution in [2.24, 2.45) is 11.7 Å². The molecule has 1 aliphatic carbocycles. The Labute approximate surface area is 110 Å². The van der Waals surface area contributed by atoms with Crippen LogP contribution in [-0.2, 0) is 4.79 Å². The third-order valence-electron chi connectivity index (χ3n) is 4.06. The molecule has 0 spiro atoms. The fourth-order valence-electron chi connectivity index (χ4n) is 2.97. The maximum atomic E-state index is 12.2. The summed E-state index contributed by atoms with van der Waals surface area (Å²) in [5.41, 5.74) is 4.75. The van der Waals surface area contributed by atoms with Gasteiger partial charge in [0.2, 0.25) is 5.91 Å². The molecule has 1 saturated carbocycles. The topological polar surface area (TPSA) is 75.4 Å². The van der Waals surface area contributed by atoms with Gasteiger partial charge < -0.3 is 16.2 Å². The lowest BCUT2D eigenvalue weighted by Crippen LogP contribution is -2.61. The molecular weight excluding hydrogens is 228 g/mol. The Hall–Kier alpha value is -0.610. The Balaban J connectivity index is 2.70. The molecule has 0 saturated heterocycles. The summed E-state index contributed by atoms with van der Waals surface area (Å²) in [5.74, 6) is 0.411. The Bertz CT molecular complexity index is 292. The van der Waals surface area contributed by atoms with E-state index in [-0.39, 0.29) is 12.5 Å². The highest BCUT2D eigenvalue weighted by Gasteiger charge is 2.39. The van der Waals surface area contributed by atoms with E-state index < -0.39 is 11.1 Å². The van der Waals surface area contributed by atoms with Gasteiger partial charge in [0.15, 0.2) is 0 Å². The number of nitrogens with one attached hydrogen (secondary N) is 1. The van der Waals surface area contributed by atoms with Crippen molar-refractivity contribution < 1.29 is 9.90 Å². The van der Waals surface area contributed by atoms with Gasteiger partial charge in [0.05, 0.1) is 17.7 Å². The third kappa shape index (κ3) is 3.69. The molecule has 0 heterocycles. The number of aliphatic hydroxyl groups is 1. The summed E-state index contributed by atoms with van der Waals surface area (Å²) in [6.07, 6.45) is 5.46. The van der Waals surface area contributed by atoms with E-state index in [9.17, 15) is 9.90 Å². The number of amides is 1. The van der Waals surface area contributed by atoms with E-state index in [1.54, 1.807) is 6.92 Å². The molecular formula is C14H28N2O2. The molecule has 3 unspecified atom stereocenters. The number of carbonyl (C=O) groups excluding carboxylic acids is 1. The lowest BCUT2D eigenvalue weighted by molar-refractivity contribution is -0.129. The van der Waals surface area contributed by atoms with Gasteiger partial charge >= 0.3 is 0 Å². The Morgan fingerprint density at radius 1 is 1.61 bits per heavy atom. The Kier molecular flexibility index (Phi) is 5.17. The fourth-order valence-corrected chi connectivity index (χ4v) is 2.97. The molecule has 0 bridgehead atoms. The van der Waals surface area contributed by atoms with E-state index in [0.717, 1.165) is 25.7 Å². The van der Waals surface area contributed by atoms with Crippen LogP contribution >= 0.6 is 0 Å². The first-order valence-electron chi connectivity index (χ1n) is 7.07. The number of carbonyl (C=O) groups is 1. The van der Waals surface area contributed by atoms with Crippen LogP contribution in [0.5, 0.6) is 0 Å². The van der Waals surface area contributed by atoms with E-state index in [4.69, 9.17) is 5.73 Å². The predicted octanol–water partition coefficient (Wildman–Crippen LogP) is 1.56. The van der Waals surface area contributed by atoms with Crippen LogP contribution in [0.15, 0.2) is 0 Å². The molecule has 0 aliphatic heterocycles. The molecule has 1 aliphatic rings. The lowest BCUT2D eigenvalue weighted by atomic mass is 9.76. The van der Waals surface area contributed by atoms with Crippen molar-refractivity contribution in [3.05, 3.63) is 0 Å². The first kappa shape index (κ1) is 15.4. The van der Waals surface area contributed by atoms with Crippen molar-refractivity contribution in [2.45, 2.75) is 70.4 Å². The summed E-state index contributed by atoms with van der Waals surface area (Å²) in [5, 5.41) is 12.7. The normalized spacial score (nSPS) is 31.7. The van der Waals surface area contributed by atoms with Gasteiger partial charge in [-0.2, -0.15) is 0 Å². The van der Waals surface area contributed by atoms with E-state index in [2.05, 4.69) is 12.2 Å². The molecule has 3 atom stereocenters. The quantitative estimate of drug-likeness (QED) is 0.699. The number of hydrogen-bond acceptors (Lipinski definition) is 3. The minimum absolute atomic E-state index is 0.00524. The Morgan fingerprint density at radius 3 is 2.78 bits per heavy atom. The highest BCUT2D eigenvalue weighted by atomic mass is 16.3. The summed E-state index contributed by atoms with van der Waals surface area (Å²) in [6.45, 7) is 5.96. The standard InChI is InChI=1S/C14H28N2O2/c1-4-7-13(3,15)12(18)16-14(10-17)8-5-6-11(2)9-14/h11,17H,4-10,15H2,1-3H3,(H,16,18). The van der Waals surface area contributed by atoms with Crippen LogP contribution in [0.1, 0.15) is 59.3 Å². The maximum Gasteiger partial charge on any atom is 0.240 e. The molecule has 1 rings (SSSR count). The highest BCUT2D eigenvalue weighted by molar-refractivity contribution is 5.86. The van der Waals surface area contributed by atoms with E-state index >= 15 is 0 Å². The van der Waals surface area contributed by atoms with Gasteiger partial charge in [-0.1, -0.05) is 33.1 Å². The molecule has 0 aromatic heterocycles. The maximum absolute atomic E-state index is 12.2. The minimum atomic E-state index is -0.836. The first-order chi connectivity index (χ1) is 8.35. The summed E-state index contributed by atoms with van der Waals surface area (Å²) >= 11 is 0.